The van der Waals surface area contributed by atoms with Gasteiger partial charge in [-0.15, -0.1) is 24.8 Å². The number of aliphatic hydroxyl groups excluding tert-OH is 1. The maximum absolute atomic E-state index is 13.0. The minimum atomic E-state index is -1.12. The van der Waals surface area contributed by atoms with Gasteiger partial charge >= 0.3 is 0 Å². The van der Waals surface area contributed by atoms with Crippen molar-refractivity contribution in [2.24, 2.45) is 5.73 Å². The second-order valence-electron chi connectivity index (χ2n) is 4.43. The van der Waals surface area contributed by atoms with Gasteiger partial charge in [0.1, 0.15) is 18.3 Å². The topological polar surface area (TPSA) is 79.5 Å². The lowest BCUT2D eigenvalue weighted by atomic mass is 10.0. The number of nitrogens with zero attached hydrogens (tertiary/aromatic N) is 2. The molecule has 5 nitrogen and oxygen atoms in total. The number of likely N-dealkylation sites (tertiary alicyclic amines) is 1. The van der Waals surface area contributed by atoms with Gasteiger partial charge < -0.3 is 15.7 Å². The molecule has 0 spiro atoms. The molecule has 1 fully saturated rings. The molecule has 0 bridgehead atoms. The Bertz CT molecular complexity index is 424. The van der Waals surface area contributed by atoms with Gasteiger partial charge in [0, 0.05) is 24.5 Å². The van der Waals surface area contributed by atoms with E-state index in [1.165, 1.54) is 11.1 Å². The zero-order chi connectivity index (χ0) is 13.1. The quantitative estimate of drug-likeness (QED) is 0.863. The van der Waals surface area contributed by atoms with Gasteiger partial charge in [0.25, 0.3) is 0 Å². The van der Waals surface area contributed by atoms with Crippen molar-refractivity contribution in [1.82, 2.24) is 9.88 Å². The number of alkyl halides is 1. The number of hydrogen-bond acceptors (Lipinski definition) is 4. The average molecular weight is 326 g/mol. The summed E-state index contributed by atoms with van der Waals surface area (Å²) in [5.41, 5.74) is 6.21. The summed E-state index contributed by atoms with van der Waals surface area (Å²) in [7, 11) is 0. The molecule has 0 aliphatic carbocycles. The smallest absolute Gasteiger partial charge is 0.242 e. The molecule has 1 amide bonds. The van der Waals surface area contributed by atoms with E-state index in [4.69, 9.17) is 5.73 Å². The average Bonchev–Trinajstić information content (AvgIpc) is 2.84. The molecule has 2 rings (SSSR count). The molecule has 0 radical (unpaired) electrons. The van der Waals surface area contributed by atoms with Crippen LogP contribution in [0, 0.1) is 0 Å². The van der Waals surface area contributed by atoms with E-state index in [1.54, 1.807) is 18.3 Å². The highest BCUT2D eigenvalue weighted by Crippen LogP contribution is 2.19. The predicted molar refractivity (Wildman–Crippen MR) is 77.8 cm³/mol. The van der Waals surface area contributed by atoms with Crippen LogP contribution in [-0.2, 0) is 4.79 Å². The van der Waals surface area contributed by atoms with Gasteiger partial charge in [-0.3, -0.25) is 9.78 Å². The fraction of sp³-hybridized carbons (Fsp3) is 0.500. The van der Waals surface area contributed by atoms with Crippen molar-refractivity contribution in [3.63, 3.8) is 0 Å². The Labute approximate surface area is 129 Å². The third-order valence-corrected chi connectivity index (χ3v) is 3.09. The van der Waals surface area contributed by atoms with Crippen molar-refractivity contribution in [3.05, 3.63) is 30.1 Å². The van der Waals surface area contributed by atoms with Crippen LogP contribution >= 0.6 is 24.8 Å². The van der Waals surface area contributed by atoms with Crippen molar-refractivity contribution in [2.45, 2.75) is 24.7 Å². The Morgan fingerprint density at radius 3 is 2.75 bits per heavy atom. The molecule has 20 heavy (non-hydrogen) atoms. The fourth-order valence-electron chi connectivity index (χ4n) is 2.02. The van der Waals surface area contributed by atoms with Gasteiger partial charge in [-0.1, -0.05) is 6.07 Å². The maximum Gasteiger partial charge on any atom is 0.242 e. The Hall–Kier alpha value is -0.950. The second kappa shape index (κ2) is 8.36. The number of amides is 1. The molecule has 0 saturated carbocycles. The monoisotopic (exact) mass is 325 g/mol. The molecule has 1 aromatic rings. The van der Waals surface area contributed by atoms with E-state index in [0.717, 1.165) is 0 Å². The second-order valence-corrected chi connectivity index (χ2v) is 4.43. The molecule has 0 unspecified atom stereocenters. The van der Waals surface area contributed by atoms with Gasteiger partial charge in [-0.25, -0.2) is 4.39 Å². The molecular weight excluding hydrogens is 308 g/mol. The van der Waals surface area contributed by atoms with Crippen LogP contribution in [0.15, 0.2) is 24.5 Å². The standard InChI is InChI=1S/C12H16FN3O2.2ClH/c13-9-3-5-16(7-9)12(18)10(14)11(17)8-2-1-4-15-6-8;;/h1-2,4,6,9-11,17H,3,5,7,14H2;2*1H/t9-,10+,11-;;/m0../s1. The van der Waals surface area contributed by atoms with Crippen LogP contribution in [0.5, 0.6) is 0 Å². The Morgan fingerprint density at radius 2 is 2.25 bits per heavy atom. The number of aromatic nitrogens is 1. The largest absolute Gasteiger partial charge is 0.386 e. The lowest BCUT2D eigenvalue weighted by Gasteiger charge is -2.23. The summed E-state index contributed by atoms with van der Waals surface area (Å²) < 4.78 is 13.0. The molecule has 3 N–H and O–H groups in total. The Balaban J connectivity index is 0.00000180. The summed E-state index contributed by atoms with van der Waals surface area (Å²) in [5.74, 6) is -0.425. The van der Waals surface area contributed by atoms with Crippen molar-refractivity contribution in [2.75, 3.05) is 13.1 Å². The van der Waals surface area contributed by atoms with Crippen LogP contribution in [0.25, 0.3) is 0 Å². The van der Waals surface area contributed by atoms with Crippen LogP contribution in [-0.4, -0.2) is 46.2 Å². The number of aliphatic hydroxyl groups is 1. The van der Waals surface area contributed by atoms with Crippen LogP contribution < -0.4 is 5.73 Å². The van der Waals surface area contributed by atoms with E-state index in [-0.39, 0.29) is 31.4 Å². The summed E-state index contributed by atoms with van der Waals surface area (Å²) in [6, 6.07) is 2.22. The molecule has 1 aliphatic rings. The van der Waals surface area contributed by atoms with E-state index >= 15 is 0 Å². The molecule has 2 heterocycles. The van der Waals surface area contributed by atoms with Crippen LogP contribution in [0.4, 0.5) is 4.39 Å². The first-order chi connectivity index (χ1) is 8.59. The first-order valence-electron chi connectivity index (χ1n) is 5.86. The molecule has 1 saturated heterocycles. The van der Waals surface area contributed by atoms with E-state index in [2.05, 4.69) is 4.98 Å². The highest BCUT2D eigenvalue weighted by atomic mass is 35.5. The SMILES string of the molecule is Cl.Cl.N[C@@H](C(=O)N1CC[C@H](F)C1)[C@@H](O)c1cccnc1. The Morgan fingerprint density at radius 1 is 1.55 bits per heavy atom. The summed E-state index contributed by atoms with van der Waals surface area (Å²) in [5, 5.41) is 9.98. The summed E-state index contributed by atoms with van der Waals surface area (Å²) in [6.45, 7) is 0.416. The zero-order valence-electron chi connectivity index (χ0n) is 10.7. The van der Waals surface area contributed by atoms with E-state index in [0.29, 0.717) is 18.5 Å². The molecule has 1 aromatic heterocycles. The number of rotatable bonds is 3. The first kappa shape index (κ1) is 19.1. The summed E-state index contributed by atoms with van der Waals surface area (Å²) >= 11 is 0. The minimum absolute atomic E-state index is 0. The van der Waals surface area contributed by atoms with Crippen molar-refractivity contribution in [3.8, 4) is 0 Å². The summed E-state index contributed by atoms with van der Waals surface area (Å²) in [4.78, 5) is 17.2. The van der Waals surface area contributed by atoms with E-state index in [9.17, 15) is 14.3 Å². The van der Waals surface area contributed by atoms with Gasteiger partial charge in [0.15, 0.2) is 0 Å². The lowest BCUT2D eigenvalue weighted by molar-refractivity contribution is -0.134. The fourth-order valence-corrected chi connectivity index (χ4v) is 2.02. The highest BCUT2D eigenvalue weighted by Gasteiger charge is 2.32. The molecule has 8 heteroatoms. The zero-order valence-corrected chi connectivity index (χ0v) is 12.3. The van der Waals surface area contributed by atoms with Gasteiger partial charge in [0.05, 0.1) is 6.54 Å². The van der Waals surface area contributed by atoms with E-state index in [1.807, 2.05) is 0 Å². The van der Waals surface area contributed by atoms with Crippen LogP contribution in [0.3, 0.4) is 0 Å². The lowest BCUT2D eigenvalue weighted by Crippen LogP contribution is -2.46. The highest BCUT2D eigenvalue weighted by molar-refractivity contribution is 5.85. The molecule has 3 atom stereocenters. The van der Waals surface area contributed by atoms with Crippen LogP contribution in [0.1, 0.15) is 18.1 Å². The van der Waals surface area contributed by atoms with Gasteiger partial charge in [-0.05, 0) is 12.5 Å². The third-order valence-electron chi connectivity index (χ3n) is 3.09. The van der Waals surface area contributed by atoms with Gasteiger partial charge in [0.2, 0.25) is 5.91 Å². The minimum Gasteiger partial charge on any atom is -0.386 e. The normalized spacial score (nSPS) is 20.6. The number of halogens is 3. The maximum atomic E-state index is 13.0. The number of pyridine rings is 1. The predicted octanol–water partition coefficient (Wildman–Crippen LogP) is 0.856. The van der Waals surface area contributed by atoms with E-state index < -0.39 is 24.2 Å². The first-order valence-corrected chi connectivity index (χ1v) is 5.86. The number of carbonyl (C=O) groups excluding carboxylic acids is 1. The number of hydrogen-bond donors (Lipinski definition) is 2. The molecular formula is C12H18Cl2FN3O2. The molecule has 1 aliphatic heterocycles. The van der Waals surface area contributed by atoms with Gasteiger partial charge in [-0.2, -0.15) is 0 Å². The molecule has 114 valence electrons. The number of carbonyl (C=O) groups is 1. The Kier molecular flexibility index (Phi) is 7.96. The number of nitrogens with two attached hydrogens (primary N) is 1. The van der Waals surface area contributed by atoms with Crippen molar-refractivity contribution in [1.29, 1.82) is 0 Å². The third kappa shape index (κ3) is 4.28. The summed E-state index contributed by atoms with van der Waals surface area (Å²) in [6.07, 6.45) is 1.25. The van der Waals surface area contributed by atoms with Crippen LogP contribution in [0.2, 0.25) is 0 Å². The van der Waals surface area contributed by atoms with Crippen molar-refractivity contribution < 1.29 is 14.3 Å². The van der Waals surface area contributed by atoms with Crippen molar-refractivity contribution >= 4 is 30.7 Å². The molecule has 0 aromatic carbocycles.